The second-order valence-corrected chi connectivity index (χ2v) is 6.44. The first-order chi connectivity index (χ1) is 8.53. The second kappa shape index (κ2) is 3.05. The predicted octanol–water partition coefficient (Wildman–Crippen LogP) is -1.17. The summed E-state index contributed by atoms with van der Waals surface area (Å²) in [5, 5.41) is 5.43. The largest absolute Gasteiger partial charge is 0.322 e. The fraction of sp³-hybridized carbons (Fsp3) is 0.833. The normalized spacial score (nSPS) is 53.5. The lowest BCUT2D eigenvalue weighted by Crippen LogP contribution is -2.76. The van der Waals surface area contributed by atoms with Gasteiger partial charge in [0, 0.05) is 50.6 Å². The first-order valence-corrected chi connectivity index (χ1v) is 6.62. The van der Waals surface area contributed by atoms with Crippen molar-refractivity contribution in [2.75, 3.05) is 39.3 Å². The SMILES string of the molecule is CC12CN3CCN(CC(C3)[C@@]13NC(=O)NC3=O)C2. The quantitative estimate of drug-likeness (QED) is 0.532. The molecule has 1 spiro atoms. The number of carbonyl (C=O) groups is 2. The van der Waals surface area contributed by atoms with Crippen molar-refractivity contribution in [3.63, 3.8) is 0 Å². The highest BCUT2D eigenvalue weighted by Gasteiger charge is 2.68. The van der Waals surface area contributed by atoms with Gasteiger partial charge in [-0.05, 0) is 0 Å². The molecule has 0 aliphatic carbocycles. The summed E-state index contributed by atoms with van der Waals surface area (Å²) in [6, 6.07) is -0.322. The number of nitrogens with zero attached hydrogens (tertiary/aromatic N) is 2. The summed E-state index contributed by atoms with van der Waals surface area (Å²) in [4.78, 5) is 28.9. The number of nitrogens with one attached hydrogen (secondary N) is 2. The number of fused-ring (bicyclic) bond motifs is 1. The average Bonchev–Trinajstić information content (AvgIpc) is 2.44. The van der Waals surface area contributed by atoms with E-state index in [9.17, 15) is 9.59 Å². The van der Waals surface area contributed by atoms with Gasteiger partial charge in [-0.25, -0.2) is 4.79 Å². The molecule has 5 aliphatic heterocycles. The van der Waals surface area contributed by atoms with E-state index in [1.165, 1.54) is 0 Å². The molecular weight excluding hydrogens is 232 g/mol. The number of rotatable bonds is 0. The smallest absolute Gasteiger partial charge is 0.322 e. The van der Waals surface area contributed by atoms with Crippen molar-refractivity contribution < 1.29 is 9.59 Å². The standard InChI is InChI=1S/C12H18N4O2/c1-11-6-15-2-3-16(7-11)5-8(4-15)12(11)9(17)13-10(18)14-12/h8H,2-7H2,1H3,(H2,13,14,17,18)/t8?,11?,12-/m0/s1. The van der Waals surface area contributed by atoms with Crippen LogP contribution in [-0.4, -0.2) is 66.5 Å². The first kappa shape index (κ1) is 10.8. The molecule has 2 unspecified atom stereocenters. The first-order valence-electron chi connectivity index (χ1n) is 6.62. The van der Waals surface area contributed by atoms with Crippen molar-refractivity contribution in [2.24, 2.45) is 11.3 Å². The zero-order chi connectivity index (χ0) is 12.5. The van der Waals surface area contributed by atoms with E-state index in [2.05, 4.69) is 27.4 Å². The minimum absolute atomic E-state index is 0.110. The molecule has 2 N–H and O–H groups in total. The number of carbonyl (C=O) groups excluding carboxylic acids is 2. The molecule has 0 aromatic carbocycles. The summed E-state index contributed by atoms with van der Waals surface area (Å²) in [5.74, 6) is 0.0974. The monoisotopic (exact) mass is 250 g/mol. The molecule has 5 fully saturated rings. The van der Waals surface area contributed by atoms with Crippen molar-refractivity contribution in [3.8, 4) is 0 Å². The minimum atomic E-state index is -0.679. The lowest BCUT2D eigenvalue weighted by molar-refractivity contribution is -0.144. The van der Waals surface area contributed by atoms with Crippen LogP contribution in [0.25, 0.3) is 0 Å². The molecule has 6 heteroatoms. The topological polar surface area (TPSA) is 64.7 Å². The van der Waals surface area contributed by atoms with E-state index in [1.54, 1.807) is 0 Å². The molecule has 6 nitrogen and oxygen atoms in total. The molecule has 98 valence electrons. The summed E-state index contributed by atoms with van der Waals surface area (Å²) in [6.07, 6.45) is 0. The molecule has 5 aliphatic rings. The third-order valence-electron chi connectivity index (χ3n) is 5.30. The second-order valence-electron chi connectivity index (χ2n) is 6.44. The van der Waals surface area contributed by atoms with Gasteiger partial charge >= 0.3 is 6.03 Å². The van der Waals surface area contributed by atoms with Gasteiger partial charge in [-0.3, -0.25) is 10.1 Å². The van der Waals surface area contributed by atoms with Gasteiger partial charge in [0.1, 0.15) is 5.54 Å². The van der Waals surface area contributed by atoms with Crippen molar-refractivity contribution >= 4 is 11.9 Å². The van der Waals surface area contributed by atoms with E-state index in [0.717, 1.165) is 39.3 Å². The zero-order valence-corrected chi connectivity index (χ0v) is 10.5. The van der Waals surface area contributed by atoms with E-state index in [4.69, 9.17) is 0 Å². The Hall–Kier alpha value is -1.14. The third kappa shape index (κ3) is 1.06. The maximum absolute atomic E-state index is 12.4. The van der Waals surface area contributed by atoms with Gasteiger partial charge in [-0.15, -0.1) is 0 Å². The summed E-state index contributed by atoms with van der Waals surface area (Å²) in [7, 11) is 0. The molecule has 0 aromatic heterocycles. The van der Waals surface area contributed by atoms with Crippen LogP contribution in [0.3, 0.4) is 0 Å². The predicted molar refractivity (Wildman–Crippen MR) is 63.9 cm³/mol. The Kier molecular flexibility index (Phi) is 1.82. The molecule has 5 rings (SSSR count). The molecule has 3 amide bonds. The van der Waals surface area contributed by atoms with Gasteiger partial charge in [0.2, 0.25) is 0 Å². The number of amides is 3. The summed E-state index contributed by atoms with van der Waals surface area (Å²) in [5.41, 5.74) is -0.859. The van der Waals surface area contributed by atoms with Crippen LogP contribution in [0.2, 0.25) is 0 Å². The summed E-state index contributed by atoms with van der Waals surface area (Å²) < 4.78 is 0. The van der Waals surface area contributed by atoms with Crippen LogP contribution in [0.4, 0.5) is 4.79 Å². The number of urea groups is 1. The number of hydrogen-bond donors (Lipinski definition) is 2. The van der Waals surface area contributed by atoms with Gasteiger partial charge in [0.05, 0.1) is 0 Å². The Morgan fingerprint density at radius 3 is 2.22 bits per heavy atom. The molecule has 0 saturated carbocycles. The molecule has 5 saturated heterocycles. The summed E-state index contributed by atoms with van der Waals surface area (Å²) in [6.45, 7) is 7.94. The lowest BCUT2D eigenvalue weighted by Gasteiger charge is -2.58. The highest BCUT2D eigenvalue weighted by Crippen LogP contribution is 2.49. The van der Waals surface area contributed by atoms with Crippen molar-refractivity contribution in [3.05, 3.63) is 0 Å². The maximum Gasteiger partial charge on any atom is 0.322 e. The summed E-state index contributed by atoms with van der Waals surface area (Å²) >= 11 is 0. The number of piperidine rings is 2. The molecule has 5 heterocycles. The van der Waals surface area contributed by atoms with E-state index in [1.807, 2.05) is 0 Å². The molecular formula is C12H18N4O2. The van der Waals surface area contributed by atoms with Gasteiger partial charge < -0.3 is 15.1 Å². The van der Waals surface area contributed by atoms with Crippen LogP contribution in [-0.2, 0) is 4.79 Å². The van der Waals surface area contributed by atoms with Gasteiger partial charge in [0.15, 0.2) is 0 Å². The molecule has 4 bridgehead atoms. The average molecular weight is 250 g/mol. The van der Waals surface area contributed by atoms with E-state index >= 15 is 0 Å². The lowest BCUT2D eigenvalue weighted by atomic mass is 9.59. The third-order valence-corrected chi connectivity index (χ3v) is 5.30. The fourth-order valence-electron chi connectivity index (χ4n) is 4.67. The molecule has 3 atom stereocenters. The van der Waals surface area contributed by atoms with Gasteiger partial charge in [-0.2, -0.15) is 0 Å². The van der Waals surface area contributed by atoms with E-state index < -0.39 is 5.54 Å². The van der Waals surface area contributed by atoms with Crippen LogP contribution in [0.1, 0.15) is 6.92 Å². The van der Waals surface area contributed by atoms with Gasteiger partial charge in [0.25, 0.3) is 5.91 Å². The Balaban J connectivity index is 1.85. The Labute approximate surface area is 106 Å². The zero-order valence-electron chi connectivity index (χ0n) is 10.5. The fourth-order valence-corrected chi connectivity index (χ4v) is 4.67. The van der Waals surface area contributed by atoms with Crippen molar-refractivity contribution in [1.29, 1.82) is 0 Å². The number of imide groups is 1. The molecule has 18 heavy (non-hydrogen) atoms. The maximum atomic E-state index is 12.4. The van der Waals surface area contributed by atoms with Crippen LogP contribution >= 0.6 is 0 Å². The van der Waals surface area contributed by atoms with Crippen LogP contribution in [0.5, 0.6) is 0 Å². The minimum Gasteiger partial charge on any atom is -0.322 e. The van der Waals surface area contributed by atoms with Crippen LogP contribution in [0.15, 0.2) is 0 Å². The van der Waals surface area contributed by atoms with E-state index in [0.29, 0.717) is 0 Å². The van der Waals surface area contributed by atoms with Crippen LogP contribution < -0.4 is 10.6 Å². The van der Waals surface area contributed by atoms with E-state index in [-0.39, 0.29) is 23.3 Å². The molecule has 0 aromatic rings. The van der Waals surface area contributed by atoms with Gasteiger partial charge in [-0.1, -0.05) is 6.92 Å². The Bertz CT molecular complexity index is 435. The van der Waals surface area contributed by atoms with Crippen molar-refractivity contribution in [2.45, 2.75) is 12.5 Å². The molecule has 0 radical (unpaired) electrons. The van der Waals surface area contributed by atoms with Crippen molar-refractivity contribution in [1.82, 2.24) is 20.4 Å². The Morgan fingerprint density at radius 1 is 1.17 bits per heavy atom. The Morgan fingerprint density at radius 2 is 1.78 bits per heavy atom. The van der Waals surface area contributed by atoms with Crippen LogP contribution in [0, 0.1) is 11.3 Å². The number of hydrogen-bond acceptors (Lipinski definition) is 4. The highest BCUT2D eigenvalue weighted by atomic mass is 16.2. The highest BCUT2D eigenvalue weighted by molar-refractivity contribution is 6.08.